The van der Waals surface area contributed by atoms with Gasteiger partial charge in [-0.15, -0.1) is 5.06 Å². The summed E-state index contributed by atoms with van der Waals surface area (Å²) in [5.41, 5.74) is 0.206. The molecule has 8 nitrogen and oxygen atoms in total. The van der Waals surface area contributed by atoms with Gasteiger partial charge in [0.25, 0.3) is 0 Å². The summed E-state index contributed by atoms with van der Waals surface area (Å²) in [6.45, 7) is 26.2. The van der Waals surface area contributed by atoms with Crippen LogP contribution in [0.2, 0.25) is 65.0 Å². The summed E-state index contributed by atoms with van der Waals surface area (Å²) >= 11 is 0. The van der Waals surface area contributed by atoms with Crippen LogP contribution in [-0.2, 0) is 26.7 Å². The van der Waals surface area contributed by atoms with Gasteiger partial charge in [0.15, 0.2) is 25.0 Å². The number of carbonyl (C=O) groups excluding carboxylic acids is 2. The highest BCUT2D eigenvalue weighted by Crippen LogP contribution is 2.29. The molecule has 0 saturated carbocycles. The smallest absolute Gasteiger partial charge is 0.447 e. The van der Waals surface area contributed by atoms with Crippen molar-refractivity contribution in [3.05, 3.63) is 12.2 Å². The van der Waals surface area contributed by atoms with Crippen LogP contribution in [0.25, 0.3) is 0 Å². The summed E-state index contributed by atoms with van der Waals surface area (Å²) in [5.74, 6) is -0.666. The molecule has 1 amide bonds. The highest BCUT2D eigenvalue weighted by atomic mass is 28.5. The Bertz CT molecular complexity index is 583. The monoisotopic (exact) mass is 509 g/mol. The number of amides is 1. The van der Waals surface area contributed by atoms with Crippen molar-refractivity contribution in [2.75, 3.05) is 13.2 Å². The molecule has 0 spiro atoms. The van der Waals surface area contributed by atoms with Gasteiger partial charge in [0.1, 0.15) is 0 Å². The minimum atomic E-state index is -2.97. The summed E-state index contributed by atoms with van der Waals surface area (Å²) in [7, 11) is -8.82. The Morgan fingerprint density at radius 3 is 1.58 bits per heavy atom. The van der Waals surface area contributed by atoms with Crippen LogP contribution < -0.4 is 0 Å². The molecule has 0 rings (SSSR count). The van der Waals surface area contributed by atoms with Crippen LogP contribution in [0.5, 0.6) is 0 Å². The molecule has 12 heteroatoms. The van der Waals surface area contributed by atoms with E-state index in [9.17, 15) is 9.59 Å². The fourth-order valence-electron chi connectivity index (χ4n) is 2.54. The molecule has 0 aromatic carbocycles. The molecule has 0 heterocycles. The zero-order valence-corrected chi connectivity index (χ0v) is 25.3. The normalized spacial score (nSPS) is 13.0. The molecule has 0 aliphatic heterocycles. The molecule has 0 unspecified atom stereocenters. The lowest BCUT2D eigenvalue weighted by atomic mass is 10.4. The maximum atomic E-state index is 12.3. The van der Waals surface area contributed by atoms with E-state index in [1.165, 1.54) is 6.92 Å². The van der Waals surface area contributed by atoms with E-state index < -0.39 is 45.8 Å². The minimum Gasteiger partial charge on any atom is -0.447 e. The predicted octanol–water partition coefficient (Wildman–Crippen LogP) is 5.36. The molecule has 0 aromatic rings. The number of ether oxygens (including phenoxy) is 1. The van der Waals surface area contributed by atoms with Crippen molar-refractivity contribution in [3.8, 4) is 0 Å². The van der Waals surface area contributed by atoms with Gasteiger partial charge in [-0.3, -0.25) is 0 Å². The Labute approximate surface area is 192 Å². The van der Waals surface area contributed by atoms with Crippen LogP contribution in [0.4, 0.5) is 4.79 Å². The molecule has 0 N–H and O–H groups in total. The van der Waals surface area contributed by atoms with E-state index in [2.05, 4.69) is 65.5 Å². The van der Waals surface area contributed by atoms with Gasteiger partial charge in [0.2, 0.25) is 0 Å². The minimum absolute atomic E-state index is 0.147. The van der Waals surface area contributed by atoms with E-state index in [-0.39, 0.29) is 18.7 Å². The van der Waals surface area contributed by atoms with Crippen molar-refractivity contribution >= 4 is 45.8 Å². The quantitative estimate of drug-likeness (QED) is 0.151. The molecule has 0 saturated heterocycles. The van der Waals surface area contributed by atoms with E-state index in [1.807, 2.05) is 0 Å². The average Bonchev–Trinajstić information content (AvgIpc) is 2.50. The predicted molar refractivity (Wildman–Crippen MR) is 133 cm³/mol. The third kappa shape index (κ3) is 14.1. The number of carbonyl (C=O) groups is 2. The number of nitrogens with zero attached hydrogens (tertiary/aromatic N) is 1. The van der Waals surface area contributed by atoms with Crippen LogP contribution in [-0.4, -0.2) is 64.0 Å². The van der Waals surface area contributed by atoms with Crippen LogP contribution in [0.3, 0.4) is 0 Å². The molecule has 0 bridgehead atoms. The van der Waals surface area contributed by atoms with E-state index in [0.29, 0.717) is 12.5 Å². The third-order valence-electron chi connectivity index (χ3n) is 3.27. The largest absolute Gasteiger partial charge is 0.469 e. The SMILES string of the molecule is C=C(C)C(=O)ON(CC)C(=O)OCCC[Si](O[Si](C)(C)C)(O[Si](C)(C)C)O[Si](C)(C)C. The maximum Gasteiger partial charge on any atom is 0.469 e. The maximum absolute atomic E-state index is 12.3. The van der Waals surface area contributed by atoms with Crippen molar-refractivity contribution in [3.63, 3.8) is 0 Å². The summed E-state index contributed by atoms with van der Waals surface area (Å²) in [5, 5.41) is 0.886. The first kappa shape index (κ1) is 30.2. The van der Waals surface area contributed by atoms with Gasteiger partial charge in [-0.05, 0) is 79.2 Å². The van der Waals surface area contributed by atoms with E-state index in [4.69, 9.17) is 21.9 Å². The summed E-state index contributed by atoms with van der Waals surface area (Å²) in [6.07, 6.45) is -0.184. The number of hydrogen-bond donors (Lipinski definition) is 0. The first-order valence-corrected chi connectivity index (χ1v) is 22.9. The highest BCUT2D eigenvalue weighted by Gasteiger charge is 2.49. The average molecular weight is 510 g/mol. The van der Waals surface area contributed by atoms with Crippen LogP contribution in [0.15, 0.2) is 12.2 Å². The van der Waals surface area contributed by atoms with Crippen molar-refractivity contribution < 1.29 is 31.5 Å². The zero-order chi connectivity index (χ0) is 24.7. The zero-order valence-electron chi connectivity index (χ0n) is 21.3. The third-order valence-corrected chi connectivity index (χ3v) is 15.3. The lowest BCUT2D eigenvalue weighted by Gasteiger charge is -2.42. The van der Waals surface area contributed by atoms with E-state index >= 15 is 0 Å². The van der Waals surface area contributed by atoms with Gasteiger partial charge in [-0.1, -0.05) is 6.58 Å². The van der Waals surface area contributed by atoms with Crippen LogP contribution in [0.1, 0.15) is 20.3 Å². The van der Waals surface area contributed by atoms with Crippen LogP contribution in [0, 0.1) is 0 Å². The number of hydrogen-bond acceptors (Lipinski definition) is 7. The number of rotatable bonds is 12. The van der Waals surface area contributed by atoms with Crippen LogP contribution >= 0.6 is 0 Å². The fourth-order valence-corrected chi connectivity index (χ4v) is 17.2. The van der Waals surface area contributed by atoms with Gasteiger partial charge in [0, 0.05) is 11.6 Å². The lowest BCUT2D eigenvalue weighted by Crippen LogP contribution is -2.60. The Hall–Kier alpha value is -0.772. The summed E-state index contributed by atoms with van der Waals surface area (Å²) in [6, 6.07) is 0.566. The van der Waals surface area contributed by atoms with Crippen molar-refractivity contribution in [2.45, 2.75) is 85.2 Å². The Kier molecular flexibility index (Phi) is 11.6. The second kappa shape index (κ2) is 11.9. The van der Waals surface area contributed by atoms with Crippen molar-refractivity contribution in [2.24, 2.45) is 0 Å². The summed E-state index contributed by atoms with van der Waals surface area (Å²) < 4.78 is 25.1. The molecule has 0 aromatic heterocycles. The second-order valence-corrected chi connectivity index (χ2v) is 27.4. The van der Waals surface area contributed by atoms with Gasteiger partial charge in [-0.25, -0.2) is 9.59 Å². The highest BCUT2D eigenvalue weighted by molar-refractivity contribution is 6.90. The molecule has 0 atom stereocenters. The standard InChI is InChI=1S/C19H43NO7Si4/c1-13-20(24-18(21)17(2)3)19(22)23-15-14-16-31(25-28(4,5)6,26-29(7,8)9)27-30(10,11)12/h2,13-16H2,1,3-12H3. The Morgan fingerprint density at radius 2 is 1.26 bits per heavy atom. The molecule has 31 heavy (non-hydrogen) atoms. The topological polar surface area (TPSA) is 83.5 Å². The molecular weight excluding hydrogens is 467 g/mol. The first-order chi connectivity index (χ1) is 13.8. The molecule has 182 valence electrons. The molecule has 0 fully saturated rings. The van der Waals surface area contributed by atoms with E-state index in [0.717, 1.165) is 5.06 Å². The van der Waals surface area contributed by atoms with Crippen molar-refractivity contribution in [1.82, 2.24) is 5.06 Å². The molecule has 0 aliphatic rings. The molecule has 0 aliphatic carbocycles. The Morgan fingerprint density at radius 1 is 0.839 bits per heavy atom. The summed E-state index contributed by atoms with van der Waals surface area (Å²) in [4.78, 5) is 28.9. The van der Waals surface area contributed by atoms with Gasteiger partial charge < -0.3 is 21.9 Å². The first-order valence-electron chi connectivity index (χ1n) is 10.7. The van der Waals surface area contributed by atoms with Crippen molar-refractivity contribution in [1.29, 1.82) is 0 Å². The Balaban J connectivity index is 5.26. The van der Waals surface area contributed by atoms with Gasteiger partial charge in [0.05, 0.1) is 13.2 Å². The lowest BCUT2D eigenvalue weighted by molar-refractivity contribution is -0.175. The number of hydroxylamine groups is 2. The van der Waals surface area contributed by atoms with Gasteiger partial charge >= 0.3 is 20.9 Å². The second-order valence-electron chi connectivity index (χ2n) is 10.4. The molecule has 0 radical (unpaired) electrons. The fraction of sp³-hybridized carbons (Fsp3) is 0.789. The van der Waals surface area contributed by atoms with Gasteiger partial charge in [-0.2, -0.15) is 0 Å². The molecular formula is C19H43NO7Si4. The van der Waals surface area contributed by atoms with E-state index in [1.54, 1.807) is 6.92 Å².